The minimum Gasteiger partial charge on any atom is -0.295 e. The highest BCUT2D eigenvalue weighted by molar-refractivity contribution is 5.97. The predicted octanol–water partition coefficient (Wildman–Crippen LogP) is 1.93. The minimum absolute atomic E-state index is 0.126. The summed E-state index contributed by atoms with van der Waals surface area (Å²) in [7, 11) is 0. The summed E-state index contributed by atoms with van der Waals surface area (Å²) in [6.45, 7) is 6.06. The van der Waals surface area contributed by atoms with E-state index in [1.165, 1.54) is 0 Å². The second-order valence-corrected chi connectivity index (χ2v) is 3.42. The Hall–Kier alpha value is -0.590. The van der Waals surface area contributed by atoms with Crippen LogP contribution in [0.5, 0.6) is 0 Å². The number of Topliss-reactive ketones (excluding diaryl/α,β-unsaturated/α-hetero) is 1. The van der Waals surface area contributed by atoms with Gasteiger partial charge in [0, 0.05) is 6.42 Å². The smallest absolute Gasteiger partial charge is 0.159 e. The first-order valence-electron chi connectivity index (χ1n) is 3.24. The third kappa shape index (κ3) is 1.21. The molecular weight excluding hydrogens is 112 g/mol. The molecule has 0 amide bonds. The molecule has 0 heterocycles. The molecule has 0 aromatic heterocycles. The maximum Gasteiger partial charge on any atom is 0.159 e. The SMILES string of the molecule is CC1=CC(C)(C)CC1=O. The molecule has 1 rings (SSSR count). The van der Waals surface area contributed by atoms with Crippen molar-refractivity contribution in [1.82, 2.24) is 0 Å². The Labute approximate surface area is 55.8 Å². The number of hydrogen-bond donors (Lipinski definition) is 0. The first-order valence-corrected chi connectivity index (χ1v) is 3.24. The van der Waals surface area contributed by atoms with Crippen LogP contribution in [0.25, 0.3) is 0 Å². The van der Waals surface area contributed by atoms with Gasteiger partial charge >= 0.3 is 0 Å². The molecule has 0 atom stereocenters. The number of carbonyl (C=O) groups excluding carboxylic acids is 1. The Balaban J connectivity index is 2.86. The van der Waals surface area contributed by atoms with Crippen molar-refractivity contribution in [3.05, 3.63) is 11.6 Å². The van der Waals surface area contributed by atoms with Gasteiger partial charge in [-0.3, -0.25) is 4.79 Å². The van der Waals surface area contributed by atoms with Crippen molar-refractivity contribution in [2.45, 2.75) is 27.2 Å². The van der Waals surface area contributed by atoms with E-state index in [1.807, 2.05) is 6.92 Å². The summed E-state index contributed by atoms with van der Waals surface area (Å²) in [5.41, 5.74) is 1.06. The summed E-state index contributed by atoms with van der Waals surface area (Å²) in [5.74, 6) is 0.306. The first kappa shape index (κ1) is 6.53. The topological polar surface area (TPSA) is 17.1 Å². The van der Waals surface area contributed by atoms with Gasteiger partial charge in [-0.1, -0.05) is 19.9 Å². The Morgan fingerprint density at radius 2 is 2.11 bits per heavy atom. The van der Waals surface area contributed by atoms with Gasteiger partial charge < -0.3 is 0 Å². The predicted molar refractivity (Wildman–Crippen MR) is 37.2 cm³/mol. The van der Waals surface area contributed by atoms with Gasteiger partial charge in [-0.05, 0) is 17.9 Å². The molecule has 0 radical (unpaired) electrons. The molecule has 1 aliphatic carbocycles. The van der Waals surface area contributed by atoms with Crippen LogP contribution >= 0.6 is 0 Å². The molecule has 0 saturated carbocycles. The second kappa shape index (κ2) is 1.69. The summed E-state index contributed by atoms with van der Waals surface area (Å²) in [6, 6.07) is 0. The Bertz CT molecular complexity index is 175. The lowest BCUT2D eigenvalue weighted by atomic mass is 9.93. The van der Waals surface area contributed by atoms with Crippen LogP contribution in [0.4, 0.5) is 0 Å². The number of rotatable bonds is 0. The van der Waals surface area contributed by atoms with Crippen molar-refractivity contribution in [3.63, 3.8) is 0 Å². The van der Waals surface area contributed by atoms with Gasteiger partial charge in [0.25, 0.3) is 0 Å². The molecule has 0 aromatic carbocycles. The zero-order valence-electron chi connectivity index (χ0n) is 6.19. The summed E-state index contributed by atoms with van der Waals surface area (Å²) in [5, 5.41) is 0. The zero-order valence-corrected chi connectivity index (χ0v) is 6.19. The van der Waals surface area contributed by atoms with E-state index in [9.17, 15) is 4.79 Å². The quantitative estimate of drug-likeness (QED) is 0.482. The third-order valence-corrected chi connectivity index (χ3v) is 1.66. The zero-order chi connectivity index (χ0) is 7.07. The third-order valence-electron chi connectivity index (χ3n) is 1.66. The molecule has 0 bridgehead atoms. The van der Waals surface area contributed by atoms with Gasteiger partial charge in [0.1, 0.15) is 0 Å². The van der Waals surface area contributed by atoms with E-state index >= 15 is 0 Å². The molecule has 0 N–H and O–H groups in total. The summed E-state index contributed by atoms with van der Waals surface area (Å²) in [6.07, 6.45) is 2.74. The lowest BCUT2D eigenvalue weighted by Crippen LogP contribution is -2.04. The number of hydrogen-bond acceptors (Lipinski definition) is 1. The standard InChI is InChI=1S/C8H12O/c1-6-4-8(2,3)5-7(6)9/h4H,5H2,1-3H3. The molecule has 0 spiro atoms. The molecular formula is C8H12O. The molecule has 0 fully saturated rings. The van der Waals surface area contributed by atoms with Crippen LogP contribution in [0.2, 0.25) is 0 Å². The molecule has 1 nitrogen and oxygen atoms in total. The Morgan fingerprint density at radius 3 is 2.22 bits per heavy atom. The first-order chi connectivity index (χ1) is 4.01. The fraction of sp³-hybridized carbons (Fsp3) is 0.625. The van der Waals surface area contributed by atoms with Crippen LogP contribution in [0.1, 0.15) is 27.2 Å². The van der Waals surface area contributed by atoms with E-state index in [-0.39, 0.29) is 5.41 Å². The fourth-order valence-corrected chi connectivity index (χ4v) is 1.27. The molecule has 1 aliphatic rings. The number of carbonyl (C=O) groups is 1. The van der Waals surface area contributed by atoms with Gasteiger partial charge in [-0.25, -0.2) is 0 Å². The van der Waals surface area contributed by atoms with E-state index in [4.69, 9.17) is 0 Å². The van der Waals surface area contributed by atoms with Crippen LogP contribution in [0.3, 0.4) is 0 Å². The molecule has 0 aliphatic heterocycles. The molecule has 1 heteroatoms. The van der Waals surface area contributed by atoms with Crippen molar-refractivity contribution >= 4 is 5.78 Å². The largest absolute Gasteiger partial charge is 0.295 e. The maximum atomic E-state index is 10.9. The van der Waals surface area contributed by atoms with E-state index in [1.54, 1.807) is 0 Å². The van der Waals surface area contributed by atoms with Crippen molar-refractivity contribution in [1.29, 1.82) is 0 Å². The normalized spacial score (nSPS) is 24.3. The molecule has 0 aromatic rings. The minimum atomic E-state index is 0.126. The van der Waals surface area contributed by atoms with Crippen molar-refractivity contribution in [2.75, 3.05) is 0 Å². The van der Waals surface area contributed by atoms with E-state index in [0.29, 0.717) is 12.2 Å². The van der Waals surface area contributed by atoms with E-state index in [2.05, 4.69) is 19.9 Å². The van der Waals surface area contributed by atoms with Crippen LogP contribution in [-0.4, -0.2) is 5.78 Å². The molecule has 0 unspecified atom stereocenters. The Kier molecular flexibility index (Phi) is 1.23. The van der Waals surface area contributed by atoms with Crippen LogP contribution in [-0.2, 0) is 4.79 Å². The van der Waals surface area contributed by atoms with Crippen molar-refractivity contribution in [2.24, 2.45) is 5.41 Å². The van der Waals surface area contributed by atoms with Crippen LogP contribution in [0.15, 0.2) is 11.6 Å². The van der Waals surface area contributed by atoms with Gasteiger partial charge in [-0.2, -0.15) is 0 Å². The van der Waals surface area contributed by atoms with Crippen molar-refractivity contribution in [3.8, 4) is 0 Å². The Morgan fingerprint density at radius 1 is 1.56 bits per heavy atom. The maximum absolute atomic E-state index is 10.9. The number of ketones is 1. The highest BCUT2D eigenvalue weighted by atomic mass is 16.1. The van der Waals surface area contributed by atoms with Crippen LogP contribution in [0, 0.1) is 5.41 Å². The highest BCUT2D eigenvalue weighted by Crippen LogP contribution is 2.31. The van der Waals surface area contributed by atoms with Gasteiger partial charge in [0.2, 0.25) is 0 Å². The highest BCUT2D eigenvalue weighted by Gasteiger charge is 2.26. The number of allylic oxidation sites excluding steroid dienone is 2. The fourth-order valence-electron chi connectivity index (χ4n) is 1.27. The molecule has 50 valence electrons. The van der Waals surface area contributed by atoms with E-state index in [0.717, 1.165) is 5.57 Å². The van der Waals surface area contributed by atoms with Gasteiger partial charge in [0.15, 0.2) is 5.78 Å². The molecule has 9 heavy (non-hydrogen) atoms. The summed E-state index contributed by atoms with van der Waals surface area (Å²) in [4.78, 5) is 10.9. The van der Waals surface area contributed by atoms with Gasteiger partial charge in [-0.15, -0.1) is 0 Å². The molecule has 0 saturated heterocycles. The second-order valence-electron chi connectivity index (χ2n) is 3.42. The monoisotopic (exact) mass is 124 g/mol. The summed E-state index contributed by atoms with van der Waals surface area (Å²) < 4.78 is 0. The van der Waals surface area contributed by atoms with Crippen molar-refractivity contribution < 1.29 is 4.79 Å². The summed E-state index contributed by atoms with van der Waals surface area (Å²) >= 11 is 0. The van der Waals surface area contributed by atoms with E-state index < -0.39 is 0 Å². The lowest BCUT2D eigenvalue weighted by molar-refractivity contribution is -0.115. The lowest BCUT2D eigenvalue weighted by Gasteiger charge is -2.10. The van der Waals surface area contributed by atoms with Gasteiger partial charge in [0.05, 0.1) is 0 Å². The average molecular weight is 124 g/mol. The van der Waals surface area contributed by atoms with Crippen LogP contribution < -0.4 is 0 Å². The average Bonchev–Trinajstić information content (AvgIpc) is 1.79.